The number of phenols is 1. The van der Waals surface area contributed by atoms with Crippen molar-refractivity contribution >= 4 is 11.8 Å². The van der Waals surface area contributed by atoms with Crippen molar-refractivity contribution in [3.63, 3.8) is 0 Å². The molecule has 1 N–H and O–H groups in total. The van der Waals surface area contributed by atoms with Crippen LogP contribution < -0.4 is 0 Å². The van der Waals surface area contributed by atoms with E-state index in [4.69, 9.17) is 4.74 Å². The van der Waals surface area contributed by atoms with Crippen LogP contribution in [0.2, 0.25) is 0 Å². The van der Waals surface area contributed by atoms with E-state index in [1.165, 1.54) is 12.5 Å². The van der Waals surface area contributed by atoms with Crippen LogP contribution in [0.25, 0.3) is 0 Å². The fourth-order valence-electron chi connectivity index (χ4n) is 6.22. The topological polar surface area (TPSA) is 63.6 Å². The number of Topliss-reactive ketones (excluding diaryl/α,β-unsaturated/α-hetero) is 1. The number of rotatable bonds is 3. The number of esters is 1. The summed E-state index contributed by atoms with van der Waals surface area (Å²) in [6.45, 7) is 5.71. The molecule has 0 spiro atoms. The van der Waals surface area contributed by atoms with Crippen LogP contribution in [0.15, 0.2) is 12.1 Å². The van der Waals surface area contributed by atoms with Crippen molar-refractivity contribution in [3.8, 4) is 5.75 Å². The Labute approximate surface area is 161 Å². The third kappa shape index (κ3) is 2.88. The second-order valence-corrected chi connectivity index (χ2v) is 8.99. The minimum Gasteiger partial charge on any atom is -0.508 e. The molecule has 4 heteroatoms. The van der Waals surface area contributed by atoms with Gasteiger partial charge in [-0.15, -0.1) is 0 Å². The Bertz CT molecular complexity index is 783. The molecule has 5 atom stereocenters. The Morgan fingerprint density at radius 2 is 2.11 bits per heavy atom. The molecule has 0 aromatic heterocycles. The van der Waals surface area contributed by atoms with Gasteiger partial charge < -0.3 is 9.84 Å². The Kier molecular flexibility index (Phi) is 4.56. The lowest BCUT2D eigenvalue weighted by atomic mass is 9.54. The van der Waals surface area contributed by atoms with E-state index in [9.17, 15) is 14.7 Å². The first-order valence-electron chi connectivity index (χ1n) is 10.4. The van der Waals surface area contributed by atoms with E-state index in [1.54, 1.807) is 0 Å². The summed E-state index contributed by atoms with van der Waals surface area (Å²) in [6, 6.07) is 4.08. The summed E-state index contributed by atoms with van der Waals surface area (Å²) in [6.07, 6.45) is 5.71. The summed E-state index contributed by atoms with van der Waals surface area (Å²) >= 11 is 0. The van der Waals surface area contributed by atoms with E-state index in [1.807, 2.05) is 6.07 Å². The van der Waals surface area contributed by atoms with Gasteiger partial charge in [0.15, 0.2) is 0 Å². The van der Waals surface area contributed by atoms with E-state index in [-0.39, 0.29) is 29.3 Å². The lowest BCUT2D eigenvalue weighted by molar-refractivity contribution is -0.155. The van der Waals surface area contributed by atoms with E-state index in [0.29, 0.717) is 30.3 Å². The third-order valence-corrected chi connectivity index (χ3v) is 7.47. The van der Waals surface area contributed by atoms with Crippen molar-refractivity contribution < 1.29 is 19.4 Å². The molecule has 3 aliphatic rings. The number of fused-ring (bicyclic) bond motifs is 5. The van der Waals surface area contributed by atoms with Gasteiger partial charge in [-0.05, 0) is 60.3 Å². The zero-order valence-electron chi connectivity index (χ0n) is 16.6. The number of hydrogen-bond donors (Lipinski definition) is 1. The van der Waals surface area contributed by atoms with Gasteiger partial charge in [0.25, 0.3) is 0 Å². The number of benzene rings is 1. The Morgan fingerprint density at radius 3 is 2.81 bits per heavy atom. The molecule has 27 heavy (non-hydrogen) atoms. The molecule has 2 saturated carbocycles. The van der Waals surface area contributed by atoms with Gasteiger partial charge in [-0.3, -0.25) is 9.59 Å². The predicted molar refractivity (Wildman–Crippen MR) is 103 cm³/mol. The quantitative estimate of drug-likeness (QED) is 0.805. The van der Waals surface area contributed by atoms with Crippen molar-refractivity contribution in [3.05, 3.63) is 28.8 Å². The molecule has 0 aliphatic heterocycles. The fraction of sp³-hybridized carbons (Fsp3) is 0.652. The second-order valence-electron chi connectivity index (χ2n) is 8.99. The maximum absolute atomic E-state index is 12.6. The highest BCUT2D eigenvalue weighted by atomic mass is 16.5. The number of ketones is 1. The number of phenolic OH excluding ortho intramolecular Hbond substituents is 1. The first-order valence-corrected chi connectivity index (χ1v) is 10.4. The highest BCUT2D eigenvalue weighted by molar-refractivity contribution is 5.87. The van der Waals surface area contributed by atoms with Crippen molar-refractivity contribution in [1.82, 2.24) is 0 Å². The van der Waals surface area contributed by atoms with Crippen LogP contribution in [0.3, 0.4) is 0 Å². The number of hydrogen-bond acceptors (Lipinski definition) is 4. The summed E-state index contributed by atoms with van der Waals surface area (Å²) in [5, 5.41) is 10.4. The number of carbonyl (C=O) groups excluding carboxylic acids is 2. The van der Waals surface area contributed by atoms with Crippen LogP contribution in [0.1, 0.15) is 75.5 Å². The normalized spacial score (nSPS) is 34.6. The predicted octanol–water partition coefficient (Wildman–Crippen LogP) is 4.31. The van der Waals surface area contributed by atoms with Crippen LogP contribution in [-0.2, 0) is 27.2 Å². The molecule has 0 saturated heterocycles. The molecule has 3 aliphatic carbocycles. The maximum Gasteiger partial charge on any atom is 0.302 e. The fourth-order valence-corrected chi connectivity index (χ4v) is 6.22. The highest BCUT2D eigenvalue weighted by Crippen LogP contribution is 2.60. The van der Waals surface area contributed by atoms with Gasteiger partial charge >= 0.3 is 5.97 Å². The minimum absolute atomic E-state index is 0.200. The van der Waals surface area contributed by atoms with E-state index < -0.39 is 0 Å². The molecule has 0 amide bonds. The Morgan fingerprint density at radius 1 is 1.33 bits per heavy atom. The zero-order chi connectivity index (χ0) is 19.3. The van der Waals surface area contributed by atoms with Crippen molar-refractivity contribution in [2.24, 2.45) is 17.3 Å². The molecule has 146 valence electrons. The molecule has 0 bridgehead atoms. The lowest BCUT2D eigenvalue weighted by Gasteiger charge is -2.51. The monoisotopic (exact) mass is 370 g/mol. The molecule has 4 rings (SSSR count). The Hall–Kier alpha value is -1.84. The van der Waals surface area contributed by atoms with Crippen molar-refractivity contribution in [1.29, 1.82) is 0 Å². The zero-order valence-corrected chi connectivity index (χ0v) is 16.6. The van der Waals surface area contributed by atoms with Gasteiger partial charge in [0.2, 0.25) is 0 Å². The molecule has 4 nitrogen and oxygen atoms in total. The smallest absolute Gasteiger partial charge is 0.302 e. The van der Waals surface area contributed by atoms with Crippen LogP contribution in [0.5, 0.6) is 5.75 Å². The van der Waals surface area contributed by atoms with Gasteiger partial charge in [-0.2, -0.15) is 0 Å². The summed E-state index contributed by atoms with van der Waals surface area (Å²) in [4.78, 5) is 24.4. The van der Waals surface area contributed by atoms with Gasteiger partial charge in [0, 0.05) is 31.1 Å². The first kappa shape index (κ1) is 18.5. The molecule has 1 aromatic carbocycles. The summed E-state index contributed by atoms with van der Waals surface area (Å²) in [5.74, 6) is 1.27. The summed E-state index contributed by atoms with van der Waals surface area (Å²) in [7, 11) is 0. The number of aryl methyl sites for hydroxylation is 1. The minimum atomic E-state index is -0.264. The molecular weight excluding hydrogens is 340 g/mol. The van der Waals surface area contributed by atoms with E-state index in [2.05, 4.69) is 19.9 Å². The van der Waals surface area contributed by atoms with Gasteiger partial charge in [-0.25, -0.2) is 0 Å². The van der Waals surface area contributed by atoms with Crippen LogP contribution in [-0.4, -0.2) is 23.0 Å². The number of carbonyl (C=O) groups is 2. The Balaban J connectivity index is 1.79. The van der Waals surface area contributed by atoms with Crippen LogP contribution in [0, 0.1) is 17.3 Å². The molecule has 0 radical (unpaired) electrons. The molecule has 4 unspecified atom stereocenters. The second kappa shape index (κ2) is 6.65. The lowest BCUT2D eigenvalue weighted by Crippen LogP contribution is -2.49. The molecule has 0 heterocycles. The van der Waals surface area contributed by atoms with Gasteiger partial charge in [0.05, 0.1) is 0 Å². The van der Waals surface area contributed by atoms with Gasteiger partial charge in [-0.1, -0.05) is 26.3 Å². The molecule has 2 fully saturated rings. The van der Waals surface area contributed by atoms with Gasteiger partial charge in [0.1, 0.15) is 17.6 Å². The molecular formula is C23H30O4. The van der Waals surface area contributed by atoms with Crippen LogP contribution in [0.4, 0.5) is 0 Å². The summed E-state index contributed by atoms with van der Waals surface area (Å²) < 4.78 is 5.79. The average Bonchev–Trinajstić information content (AvgIpc) is 2.91. The largest absolute Gasteiger partial charge is 0.508 e. The maximum atomic E-state index is 12.6. The highest BCUT2D eigenvalue weighted by Gasteiger charge is 2.57. The number of ether oxygens (including phenoxy) is 1. The average molecular weight is 370 g/mol. The van der Waals surface area contributed by atoms with E-state index in [0.717, 1.165) is 43.2 Å². The van der Waals surface area contributed by atoms with Crippen LogP contribution >= 0.6 is 0 Å². The SMILES string of the molecule is CCCc1cc2c(cc1O)CC(OC(C)=O)C1C2CC[C@]2(C)C(=O)CCC12. The first-order chi connectivity index (χ1) is 12.8. The number of aromatic hydroxyl groups is 1. The third-order valence-electron chi connectivity index (χ3n) is 7.47. The van der Waals surface area contributed by atoms with E-state index >= 15 is 0 Å². The summed E-state index contributed by atoms with van der Waals surface area (Å²) in [5.41, 5.74) is 3.16. The molecule has 1 aromatic rings. The van der Waals surface area contributed by atoms with Crippen molar-refractivity contribution in [2.45, 2.75) is 77.7 Å². The van der Waals surface area contributed by atoms with Crippen molar-refractivity contribution in [2.75, 3.05) is 0 Å². The standard InChI is InChI=1S/C23H30O4/c1-4-5-14-10-17-15(11-19(14)25)12-20(27-13(2)24)22-16(17)8-9-23(3)18(22)6-7-21(23)26/h10-11,16,18,20,22,25H,4-9,12H2,1-3H3/t16?,18?,20?,22?,23-/m0/s1.